The van der Waals surface area contributed by atoms with Gasteiger partial charge in [0.05, 0.1) is 40.9 Å². The van der Waals surface area contributed by atoms with Crippen molar-refractivity contribution in [1.29, 1.82) is 5.26 Å². The van der Waals surface area contributed by atoms with Gasteiger partial charge in [0.2, 0.25) is 0 Å². The van der Waals surface area contributed by atoms with E-state index in [0.717, 1.165) is 23.3 Å². The summed E-state index contributed by atoms with van der Waals surface area (Å²) >= 11 is 5.21. The van der Waals surface area contributed by atoms with E-state index in [9.17, 15) is 0 Å². The van der Waals surface area contributed by atoms with Crippen molar-refractivity contribution in [2.24, 2.45) is 21.6 Å². The fourth-order valence-corrected chi connectivity index (χ4v) is 1.27. The van der Waals surface area contributed by atoms with Gasteiger partial charge >= 0.3 is 0 Å². The van der Waals surface area contributed by atoms with E-state index in [-0.39, 0.29) is 0 Å². The highest BCUT2D eigenvalue weighted by molar-refractivity contribution is 8.02. The van der Waals surface area contributed by atoms with Gasteiger partial charge in [-0.15, -0.1) is 5.10 Å². The summed E-state index contributed by atoms with van der Waals surface area (Å²) in [5, 5.41) is 19.4. The molecule has 1 heterocycles. The molecule has 1 aromatic heterocycles. The molecular formula is C9H7N5S2. The first-order chi connectivity index (χ1) is 7.79. The number of nitrogens with zero attached hydrogens (tertiary/aromatic N) is 5. The zero-order valence-corrected chi connectivity index (χ0v) is 9.99. The first kappa shape index (κ1) is 12.3. The van der Waals surface area contributed by atoms with Crippen molar-refractivity contribution in [3.8, 4) is 5.40 Å². The van der Waals surface area contributed by atoms with Crippen LogP contribution in [0.5, 0.6) is 0 Å². The fourth-order valence-electron chi connectivity index (χ4n) is 1.02. The van der Waals surface area contributed by atoms with E-state index in [1.807, 2.05) is 29.1 Å². The Morgan fingerprint density at radius 1 is 1.44 bits per heavy atom. The van der Waals surface area contributed by atoms with Crippen molar-refractivity contribution in [3.05, 3.63) is 23.5 Å². The smallest absolute Gasteiger partial charge is 0.157 e. The third-order valence-corrected chi connectivity index (χ3v) is 2.14. The lowest BCUT2D eigenvalue weighted by atomic mass is 10.4. The summed E-state index contributed by atoms with van der Waals surface area (Å²) in [6.07, 6.45) is 3.17. The van der Waals surface area contributed by atoms with Crippen molar-refractivity contribution in [3.63, 3.8) is 0 Å². The van der Waals surface area contributed by atoms with Gasteiger partial charge in [0, 0.05) is 7.05 Å². The first-order valence-electron chi connectivity index (χ1n) is 4.14. The topological polar surface area (TPSA) is 65.8 Å². The lowest BCUT2D eigenvalue weighted by molar-refractivity contribution is 0.909. The van der Waals surface area contributed by atoms with Gasteiger partial charge in [0.15, 0.2) is 5.40 Å². The number of aromatic nitrogens is 1. The first-order valence-corrected chi connectivity index (χ1v) is 5.32. The van der Waals surface area contributed by atoms with Gasteiger partial charge in [-0.05, 0) is 24.4 Å². The molecule has 0 aliphatic heterocycles. The summed E-state index contributed by atoms with van der Waals surface area (Å²) in [5.74, 6) is 0. The largest absolute Gasteiger partial charge is 0.342 e. The molecule has 16 heavy (non-hydrogen) atoms. The number of hydrogen-bond donors (Lipinski definition) is 0. The van der Waals surface area contributed by atoms with Gasteiger partial charge in [-0.25, -0.2) is 4.40 Å². The van der Waals surface area contributed by atoms with Crippen molar-refractivity contribution in [1.82, 2.24) is 4.57 Å². The molecule has 0 aromatic carbocycles. The van der Waals surface area contributed by atoms with E-state index in [4.69, 9.17) is 5.26 Å². The average Bonchev–Trinajstić information content (AvgIpc) is 2.62. The SMILES string of the molecule is Cn1c(/C=N/N=C=S)ccc1/C=N/SC#N. The molecule has 1 aromatic rings. The van der Waals surface area contributed by atoms with Crippen LogP contribution < -0.4 is 0 Å². The Labute approximate surface area is 102 Å². The third kappa shape index (κ3) is 3.44. The molecule has 0 amide bonds. The quantitative estimate of drug-likeness (QED) is 0.269. The van der Waals surface area contributed by atoms with Gasteiger partial charge in [0.25, 0.3) is 0 Å². The Balaban J connectivity index is 2.84. The van der Waals surface area contributed by atoms with E-state index in [0.29, 0.717) is 0 Å². The molecule has 0 saturated heterocycles. The molecule has 5 nitrogen and oxygen atoms in total. The number of thiocarbonyl (C=S) groups is 1. The Kier molecular flexibility index (Phi) is 5.16. The van der Waals surface area contributed by atoms with Crippen LogP contribution >= 0.6 is 24.2 Å². The van der Waals surface area contributed by atoms with Crippen LogP contribution in [-0.2, 0) is 7.05 Å². The lowest BCUT2D eigenvalue weighted by Gasteiger charge is -1.98. The van der Waals surface area contributed by atoms with Gasteiger partial charge in [-0.3, -0.25) is 0 Å². The van der Waals surface area contributed by atoms with Crippen molar-refractivity contribution in [2.45, 2.75) is 0 Å². The second-order valence-electron chi connectivity index (χ2n) is 2.60. The van der Waals surface area contributed by atoms with E-state index in [1.165, 1.54) is 0 Å². The minimum absolute atomic E-state index is 0.828. The Bertz CT molecular complexity index is 502. The summed E-state index contributed by atoms with van der Waals surface area (Å²) in [6, 6.07) is 3.73. The van der Waals surface area contributed by atoms with Crippen LogP contribution in [0.2, 0.25) is 0 Å². The maximum Gasteiger partial charge on any atom is 0.157 e. The number of rotatable bonds is 4. The molecule has 0 atom stereocenters. The summed E-state index contributed by atoms with van der Waals surface area (Å²) in [4.78, 5) is 0. The van der Waals surface area contributed by atoms with E-state index < -0.39 is 0 Å². The molecule has 0 spiro atoms. The third-order valence-electron chi connectivity index (χ3n) is 1.77. The van der Waals surface area contributed by atoms with Crippen LogP contribution in [-0.4, -0.2) is 22.2 Å². The van der Waals surface area contributed by atoms with E-state index in [2.05, 4.69) is 32.0 Å². The highest BCUT2D eigenvalue weighted by Gasteiger charge is 1.99. The predicted octanol–water partition coefficient (Wildman–Crippen LogP) is 2.01. The molecule has 0 N–H and O–H groups in total. The second-order valence-corrected chi connectivity index (χ2v) is 3.35. The molecule has 0 aliphatic carbocycles. The zero-order chi connectivity index (χ0) is 11.8. The normalized spacial score (nSPS) is 10.5. The average molecular weight is 249 g/mol. The number of nitriles is 1. The minimum Gasteiger partial charge on any atom is -0.342 e. The number of thiocyanates is 1. The number of hydrogen-bond acceptors (Lipinski definition) is 6. The summed E-state index contributed by atoms with van der Waals surface area (Å²) in [6.45, 7) is 0. The standard InChI is InChI=1S/C9H7N5S2/c1-14-8(4-11-12-7-15)2-3-9(14)5-13-16-6-10/h2-5H,1H3/b11-4+,13-5+. The van der Waals surface area contributed by atoms with Crippen LogP contribution in [0.4, 0.5) is 0 Å². The van der Waals surface area contributed by atoms with E-state index >= 15 is 0 Å². The van der Waals surface area contributed by atoms with Gasteiger partial charge < -0.3 is 4.57 Å². The summed E-state index contributed by atoms with van der Waals surface area (Å²) in [5.41, 5.74) is 1.73. The fraction of sp³-hybridized carbons (Fsp3) is 0.111. The molecule has 80 valence electrons. The molecule has 0 unspecified atom stereocenters. The van der Waals surface area contributed by atoms with Crippen molar-refractivity contribution < 1.29 is 0 Å². The molecule has 0 radical (unpaired) electrons. The van der Waals surface area contributed by atoms with Crippen molar-refractivity contribution >= 4 is 41.8 Å². The Morgan fingerprint density at radius 3 is 2.75 bits per heavy atom. The molecule has 0 bridgehead atoms. The summed E-state index contributed by atoms with van der Waals surface area (Å²) in [7, 11) is 1.86. The van der Waals surface area contributed by atoms with Crippen LogP contribution in [0.25, 0.3) is 0 Å². The van der Waals surface area contributed by atoms with Gasteiger partial charge in [0.1, 0.15) is 0 Å². The van der Waals surface area contributed by atoms with Crippen LogP contribution in [0.15, 0.2) is 26.7 Å². The zero-order valence-electron chi connectivity index (χ0n) is 8.36. The lowest BCUT2D eigenvalue weighted by Crippen LogP contribution is -1.99. The minimum atomic E-state index is 0.828. The van der Waals surface area contributed by atoms with E-state index in [1.54, 1.807) is 12.4 Å². The number of isothiocyanates is 1. The van der Waals surface area contributed by atoms with Crippen LogP contribution in [0.1, 0.15) is 11.4 Å². The van der Waals surface area contributed by atoms with Crippen LogP contribution in [0.3, 0.4) is 0 Å². The molecule has 1 rings (SSSR count). The molecule has 0 aliphatic rings. The second kappa shape index (κ2) is 6.69. The summed E-state index contributed by atoms with van der Waals surface area (Å²) < 4.78 is 5.71. The molecule has 0 saturated carbocycles. The van der Waals surface area contributed by atoms with Crippen LogP contribution in [0, 0.1) is 10.7 Å². The maximum atomic E-state index is 8.30. The Hall–Kier alpha value is -1.74. The molecule has 0 fully saturated rings. The highest BCUT2D eigenvalue weighted by atomic mass is 32.2. The molecule has 7 heteroatoms. The maximum absolute atomic E-state index is 8.30. The Morgan fingerprint density at radius 2 is 2.12 bits per heavy atom. The predicted molar refractivity (Wildman–Crippen MR) is 68.8 cm³/mol. The molecular weight excluding hydrogens is 242 g/mol. The van der Waals surface area contributed by atoms with Gasteiger partial charge in [-0.2, -0.15) is 5.26 Å². The highest BCUT2D eigenvalue weighted by Crippen LogP contribution is 2.05. The van der Waals surface area contributed by atoms with Gasteiger partial charge in [-0.1, -0.05) is 5.10 Å². The van der Waals surface area contributed by atoms with Crippen molar-refractivity contribution in [2.75, 3.05) is 0 Å². The monoisotopic (exact) mass is 249 g/mol.